The predicted octanol–water partition coefficient (Wildman–Crippen LogP) is 1.24. The third-order valence-electron chi connectivity index (χ3n) is 2.03. The van der Waals surface area contributed by atoms with Gasteiger partial charge in [0.25, 0.3) is 0 Å². The standard InChI is InChI=1S/C10H15NO/c1-10(12,7-8-11)9-5-3-2-4-6-9/h2-6,12H,7-8,11H2,1H3/t10-/m1/s1. The highest BCUT2D eigenvalue weighted by Crippen LogP contribution is 2.22. The SMILES string of the molecule is C[C@@](O)(CCN)c1ccccc1. The molecule has 0 saturated heterocycles. The van der Waals surface area contributed by atoms with E-state index in [0.717, 1.165) is 5.56 Å². The van der Waals surface area contributed by atoms with Crippen LogP contribution in [-0.2, 0) is 5.60 Å². The van der Waals surface area contributed by atoms with Gasteiger partial charge in [-0.3, -0.25) is 0 Å². The molecule has 0 amide bonds. The molecule has 0 heterocycles. The predicted molar refractivity (Wildman–Crippen MR) is 49.7 cm³/mol. The largest absolute Gasteiger partial charge is 0.385 e. The number of benzene rings is 1. The van der Waals surface area contributed by atoms with E-state index in [1.165, 1.54) is 0 Å². The van der Waals surface area contributed by atoms with Crippen molar-refractivity contribution in [2.45, 2.75) is 18.9 Å². The maximum absolute atomic E-state index is 9.91. The molecule has 1 aromatic carbocycles. The van der Waals surface area contributed by atoms with Gasteiger partial charge in [-0.05, 0) is 25.5 Å². The van der Waals surface area contributed by atoms with Crippen LogP contribution in [0.15, 0.2) is 30.3 Å². The summed E-state index contributed by atoms with van der Waals surface area (Å²) in [6.07, 6.45) is 0.594. The van der Waals surface area contributed by atoms with E-state index in [1.54, 1.807) is 6.92 Å². The number of hydrogen-bond acceptors (Lipinski definition) is 2. The van der Waals surface area contributed by atoms with Gasteiger partial charge in [-0.1, -0.05) is 30.3 Å². The summed E-state index contributed by atoms with van der Waals surface area (Å²) in [4.78, 5) is 0. The van der Waals surface area contributed by atoms with Crippen LogP contribution in [0.1, 0.15) is 18.9 Å². The van der Waals surface area contributed by atoms with Crippen LogP contribution in [0.4, 0.5) is 0 Å². The summed E-state index contributed by atoms with van der Waals surface area (Å²) in [5.74, 6) is 0. The Kier molecular flexibility index (Phi) is 2.84. The molecule has 0 aromatic heterocycles. The normalized spacial score (nSPS) is 15.6. The van der Waals surface area contributed by atoms with Gasteiger partial charge in [0.15, 0.2) is 0 Å². The number of rotatable bonds is 3. The minimum Gasteiger partial charge on any atom is -0.385 e. The number of hydrogen-bond donors (Lipinski definition) is 2. The second kappa shape index (κ2) is 3.70. The fourth-order valence-electron chi connectivity index (χ4n) is 1.22. The summed E-state index contributed by atoms with van der Waals surface area (Å²) in [5, 5.41) is 9.91. The minimum absolute atomic E-state index is 0.502. The lowest BCUT2D eigenvalue weighted by Crippen LogP contribution is -2.24. The van der Waals surface area contributed by atoms with E-state index in [1.807, 2.05) is 30.3 Å². The zero-order valence-electron chi connectivity index (χ0n) is 7.33. The molecule has 3 N–H and O–H groups in total. The highest BCUT2D eigenvalue weighted by Gasteiger charge is 2.20. The lowest BCUT2D eigenvalue weighted by molar-refractivity contribution is 0.0504. The second-order valence-corrected chi connectivity index (χ2v) is 3.18. The molecule has 2 heteroatoms. The first-order chi connectivity index (χ1) is 5.67. The van der Waals surface area contributed by atoms with Crippen LogP contribution >= 0.6 is 0 Å². The molecule has 1 rings (SSSR count). The molecule has 0 radical (unpaired) electrons. The van der Waals surface area contributed by atoms with Crippen molar-refractivity contribution in [3.05, 3.63) is 35.9 Å². The van der Waals surface area contributed by atoms with E-state index in [0.29, 0.717) is 13.0 Å². The molecule has 0 aliphatic rings. The van der Waals surface area contributed by atoms with Crippen molar-refractivity contribution in [1.82, 2.24) is 0 Å². The Bertz CT molecular complexity index is 231. The highest BCUT2D eigenvalue weighted by atomic mass is 16.3. The lowest BCUT2D eigenvalue weighted by atomic mass is 9.93. The summed E-state index contributed by atoms with van der Waals surface area (Å²) in [6.45, 7) is 2.29. The van der Waals surface area contributed by atoms with Crippen LogP contribution in [0.2, 0.25) is 0 Å². The minimum atomic E-state index is -0.782. The smallest absolute Gasteiger partial charge is 0.0880 e. The fraction of sp³-hybridized carbons (Fsp3) is 0.400. The van der Waals surface area contributed by atoms with Crippen LogP contribution in [0.3, 0.4) is 0 Å². The lowest BCUT2D eigenvalue weighted by Gasteiger charge is -2.22. The van der Waals surface area contributed by atoms with Crippen molar-refractivity contribution < 1.29 is 5.11 Å². The third-order valence-corrected chi connectivity index (χ3v) is 2.03. The molecule has 2 nitrogen and oxygen atoms in total. The molecule has 0 aliphatic carbocycles. The maximum Gasteiger partial charge on any atom is 0.0880 e. The Morgan fingerprint density at radius 1 is 1.33 bits per heavy atom. The number of aliphatic hydroxyl groups is 1. The molecule has 0 unspecified atom stereocenters. The molecule has 12 heavy (non-hydrogen) atoms. The third kappa shape index (κ3) is 2.06. The van der Waals surface area contributed by atoms with E-state index in [4.69, 9.17) is 5.73 Å². The molecular weight excluding hydrogens is 150 g/mol. The average Bonchev–Trinajstić information content (AvgIpc) is 2.06. The summed E-state index contributed by atoms with van der Waals surface area (Å²) < 4.78 is 0. The summed E-state index contributed by atoms with van der Waals surface area (Å²) in [7, 11) is 0. The molecule has 1 aromatic rings. The Balaban J connectivity index is 2.82. The van der Waals surface area contributed by atoms with Crippen molar-refractivity contribution in [2.24, 2.45) is 5.73 Å². The van der Waals surface area contributed by atoms with Crippen molar-refractivity contribution in [3.63, 3.8) is 0 Å². The maximum atomic E-state index is 9.91. The second-order valence-electron chi connectivity index (χ2n) is 3.18. The van der Waals surface area contributed by atoms with Gasteiger partial charge in [-0.15, -0.1) is 0 Å². The van der Waals surface area contributed by atoms with Gasteiger partial charge in [0.05, 0.1) is 5.60 Å². The molecule has 66 valence electrons. The van der Waals surface area contributed by atoms with Gasteiger partial charge in [-0.25, -0.2) is 0 Å². The first-order valence-electron chi connectivity index (χ1n) is 4.15. The molecule has 0 saturated carbocycles. The molecule has 0 fully saturated rings. The molecule has 0 bridgehead atoms. The first kappa shape index (κ1) is 9.23. The van der Waals surface area contributed by atoms with Crippen molar-refractivity contribution in [1.29, 1.82) is 0 Å². The van der Waals surface area contributed by atoms with E-state index >= 15 is 0 Å². The van der Waals surface area contributed by atoms with Crippen LogP contribution < -0.4 is 5.73 Å². The Hall–Kier alpha value is -0.860. The van der Waals surface area contributed by atoms with Crippen LogP contribution in [0, 0.1) is 0 Å². The monoisotopic (exact) mass is 165 g/mol. The topological polar surface area (TPSA) is 46.2 Å². The molecular formula is C10H15NO. The fourth-order valence-corrected chi connectivity index (χ4v) is 1.22. The molecule has 1 atom stereocenters. The van der Waals surface area contributed by atoms with Gasteiger partial charge in [0.1, 0.15) is 0 Å². The zero-order valence-corrected chi connectivity index (χ0v) is 7.33. The van der Waals surface area contributed by atoms with E-state index in [-0.39, 0.29) is 0 Å². The van der Waals surface area contributed by atoms with Crippen molar-refractivity contribution in [3.8, 4) is 0 Å². The van der Waals surface area contributed by atoms with Gasteiger partial charge < -0.3 is 10.8 Å². The van der Waals surface area contributed by atoms with Crippen molar-refractivity contribution in [2.75, 3.05) is 6.54 Å². The molecule has 0 spiro atoms. The van der Waals surface area contributed by atoms with E-state index in [2.05, 4.69) is 0 Å². The summed E-state index contributed by atoms with van der Waals surface area (Å²) >= 11 is 0. The van der Waals surface area contributed by atoms with Crippen LogP contribution in [0.5, 0.6) is 0 Å². The number of nitrogens with two attached hydrogens (primary N) is 1. The van der Waals surface area contributed by atoms with E-state index in [9.17, 15) is 5.11 Å². The first-order valence-corrected chi connectivity index (χ1v) is 4.15. The van der Waals surface area contributed by atoms with Crippen LogP contribution in [0.25, 0.3) is 0 Å². The highest BCUT2D eigenvalue weighted by molar-refractivity contribution is 5.21. The van der Waals surface area contributed by atoms with E-state index < -0.39 is 5.60 Å². The zero-order chi connectivity index (χ0) is 9.03. The van der Waals surface area contributed by atoms with Gasteiger partial charge in [-0.2, -0.15) is 0 Å². The van der Waals surface area contributed by atoms with Crippen LogP contribution in [-0.4, -0.2) is 11.7 Å². The Morgan fingerprint density at radius 2 is 1.92 bits per heavy atom. The van der Waals surface area contributed by atoms with Gasteiger partial charge >= 0.3 is 0 Å². The summed E-state index contributed by atoms with van der Waals surface area (Å²) in [5.41, 5.74) is 5.54. The molecule has 0 aliphatic heterocycles. The Labute approximate surface area is 73.0 Å². The van der Waals surface area contributed by atoms with Crippen molar-refractivity contribution >= 4 is 0 Å². The summed E-state index contributed by atoms with van der Waals surface area (Å²) in [6, 6.07) is 9.59. The average molecular weight is 165 g/mol. The van der Waals surface area contributed by atoms with Gasteiger partial charge in [0.2, 0.25) is 0 Å². The Morgan fingerprint density at radius 3 is 2.42 bits per heavy atom. The quantitative estimate of drug-likeness (QED) is 0.708. The van der Waals surface area contributed by atoms with Gasteiger partial charge in [0, 0.05) is 0 Å².